The van der Waals surface area contributed by atoms with Gasteiger partial charge in [0.25, 0.3) is 0 Å². The Balaban J connectivity index is 2.35. The van der Waals surface area contributed by atoms with Gasteiger partial charge in [-0.3, -0.25) is 0 Å². The normalized spacial score (nSPS) is 9.22. The number of hydrogen-bond donors (Lipinski definition) is 2. The number of pyridine rings is 1. The van der Waals surface area contributed by atoms with Crippen molar-refractivity contribution in [2.24, 2.45) is 0 Å². The Labute approximate surface area is 104 Å². The molecule has 0 saturated carbocycles. The van der Waals surface area contributed by atoms with Crippen LogP contribution in [0.4, 0.5) is 17.2 Å². The number of nitrogens with one attached hydrogen (secondary N) is 1. The van der Waals surface area contributed by atoms with Crippen molar-refractivity contribution in [3.05, 3.63) is 47.7 Å². The maximum absolute atomic E-state index is 8.93. The Bertz CT molecular complexity index is 664. The molecular weight excluding hydrogens is 226 g/mol. The number of nitrogens with two attached hydrogens (primary N) is 1. The van der Waals surface area contributed by atoms with Crippen molar-refractivity contribution in [1.82, 2.24) is 4.98 Å². The minimum Gasteiger partial charge on any atom is -0.382 e. The van der Waals surface area contributed by atoms with E-state index in [2.05, 4.69) is 10.3 Å². The molecule has 0 saturated heterocycles. The van der Waals surface area contributed by atoms with Gasteiger partial charge in [0.1, 0.15) is 18.0 Å². The lowest BCUT2D eigenvalue weighted by molar-refractivity contribution is 1.33. The molecule has 1 aromatic heterocycles. The summed E-state index contributed by atoms with van der Waals surface area (Å²) in [5.41, 5.74) is 7.72. The highest BCUT2D eigenvalue weighted by Gasteiger charge is 2.04. The molecule has 5 heteroatoms. The number of nitrogens with zero attached hydrogens (tertiary/aromatic N) is 3. The molecule has 0 unspecified atom stereocenters. The molecule has 1 aromatic carbocycles. The summed E-state index contributed by atoms with van der Waals surface area (Å²) in [6, 6.07) is 12.4. The van der Waals surface area contributed by atoms with Crippen LogP contribution in [-0.4, -0.2) is 4.98 Å². The fraction of sp³-hybridized carbons (Fsp3) is 0. The van der Waals surface area contributed by atoms with Crippen LogP contribution in [0.25, 0.3) is 0 Å². The van der Waals surface area contributed by atoms with Crippen LogP contribution in [0.1, 0.15) is 11.1 Å². The molecule has 0 aliphatic rings. The zero-order valence-corrected chi connectivity index (χ0v) is 9.38. The lowest BCUT2D eigenvalue weighted by Crippen LogP contribution is -1.98. The van der Waals surface area contributed by atoms with Crippen LogP contribution in [0.2, 0.25) is 0 Å². The van der Waals surface area contributed by atoms with Crippen molar-refractivity contribution < 1.29 is 0 Å². The lowest BCUT2D eigenvalue weighted by atomic mass is 10.1. The molecule has 1 heterocycles. The third-order valence-corrected chi connectivity index (χ3v) is 2.38. The van der Waals surface area contributed by atoms with Crippen LogP contribution < -0.4 is 11.1 Å². The van der Waals surface area contributed by atoms with Crippen molar-refractivity contribution in [3.8, 4) is 12.1 Å². The smallest absolute Gasteiger partial charge is 0.147 e. The van der Waals surface area contributed by atoms with Crippen LogP contribution in [0.3, 0.4) is 0 Å². The molecule has 0 aliphatic heterocycles. The maximum Gasteiger partial charge on any atom is 0.147 e. The summed E-state index contributed by atoms with van der Waals surface area (Å²) < 4.78 is 0. The van der Waals surface area contributed by atoms with E-state index in [4.69, 9.17) is 16.3 Å². The van der Waals surface area contributed by atoms with E-state index in [0.717, 1.165) is 0 Å². The summed E-state index contributed by atoms with van der Waals surface area (Å²) in [4.78, 5) is 3.95. The first-order valence-corrected chi connectivity index (χ1v) is 5.16. The summed E-state index contributed by atoms with van der Waals surface area (Å²) in [7, 11) is 0. The van der Waals surface area contributed by atoms with Crippen LogP contribution in [0, 0.1) is 22.7 Å². The average Bonchev–Trinajstić information content (AvgIpc) is 2.41. The van der Waals surface area contributed by atoms with Crippen LogP contribution in [0.5, 0.6) is 0 Å². The van der Waals surface area contributed by atoms with Gasteiger partial charge in [0.2, 0.25) is 0 Å². The molecule has 0 radical (unpaired) electrons. The van der Waals surface area contributed by atoms with Crippen LogP contribution in [0.15, 0.2) is 36.5 Å². The molecule has 0 spiro atoms. The second-order valence-electron chi connectivity index (χ2n) is 3.55. The van der Waals surface area contributed by atoms with E-state index in [-0.39, 0.29) is 0 Å². The average molecular weight is 235 g/mol. The number of hydrogen-bond acceptors (Lipinski definition) is 5. The van der Waals surface area contributed by atoms with Crippen molar-refractivity contribution in [2.75, 3.05) is 11.1 Å². The standard InChI is InChI=1S/C13H9N5/c14-7-9-3-4-11(6-10(9)8-15)18-12-2-1-5-17-13(12)16/h1-6,18H,(H2,16,17). The fourth-order valence-corrected chi connectivity index (χ4v) is 1.49. The van der Waals surface area contributed by atoms with Gasteiger partial charge in [0.05, 0.1) is 16.8 Å². The molecule has 86 valence electrons. The van der Waals surface area contributed by atoms with E-state index in [9.17, 15) is 0 Å². The van der Waals surface area contributed by atoms with Gasteiger partial charge < -0.3 is 11.1 Å². The second-order valence-corrected chi connectivity index (χ2v) is 3.55. The predicted molar refractivity (Wildman–Crippen MR) is 67.8 cm³/mol. The fourth-order valence-electron chi connectivity index (χ4n) is 1.49. The topological polar surface area (TPSA) is 98.5 Å². The van der Waals surface area contributed by atoms with Gasteiger partial charge in [0, 0.05) is 11.9 Å². The predicted octanol–water partition coefficient (Wildman–Crippen LogP) is 2.15. The maximum atomic E-state index is 8.93. The molecule has 0 aliphatic carbocycles. The minimum absolute atomic E-state index is 0.324. The SMILES string of the molecule is N#Cc1ccc(Nc2cccnc2N)cc1C#N. The van der Waals surface area contributed by atoms with E-state index in [0.29, 0.717) is 28.3 Å². The first-order chi connectivity index (χ1) is 8.74. The number of anilines is 3. The Morgan fingerprint density at radius 3 is 2.56 bits per heavy atom. The molecule has 0 fully saturated rings. The van der Waals surface area contributed by atoms with E-state index in [1.54, 1.807) is 36.5 Å². The molecule has 5 nitrogen and oxygen atoms in total. The molecule has 3 N–H and O–H groups in total. The molecule has 0 bridgehead atoms. The molecule has 0 amide bonds. The largest absolute Gasteiger partial charge is 0.382 e. The van der Waals surface area contributed by atoms with E-state index in [1.807, 2.05) is 12.1 Å². The highest BCUT2D eigenvalue weighted by Crippen LogP contribution is 2.22. The Kier molecular flexibility index (Phi) is 3.08. The first kappa shape index (κ1) is 11.4. The third-order valence-electron chi connectivity index (χ3n) is 2.38. The summed E-state index contributed by atoms with van der Waals surface area (Å²) >= 11 is 0. The number of benzene rings is 1. The van der Waals surface area contributed by atoms with Gasteiger partial charge >= 0.3 is 0 Å². The highest BCUT2D eigenvalue weighted by atomic mass is 15.0. The lowest BCUT2D eigenvalue weighted by Gasteiger charge is -2.08. The van der Waals surface area contributed by atoms with Crippen LogP contribution in [-0.2, 0) is 0 Å². The van der Waals surface area contributed by atoms with Crippen molar-refractivity contribution in [3.63, 3.8) is 0 Å². The second kappa shape index (κ2) is 4.86. The first-order valence-electron chi connectivity index (χ1n) is 5.16. The zero-order valence-electron chi connectivity index (χ0n) is 9.38. The number of nitriles is 2. The number of rotatable bonds is 2. The number of aromatic nitrogens is 1. The Morgan fingerprint density at radius 2 is 1.89 bits per heavy atom. The van der Waals surface area contributed by atoms with Gasteiger partial charge in [-0.25, -0.2) is 4.98 Å². The van der Waals surface area contributed by atoms with Gasteiger partial charge in [-0.05, 0) is 30.3 Å². The van der Waals surface area contributed by atoms with E-state index < -0.39 is 0 Å². The van der Waals surface area contributed by atoms with Gasteiger partial charge in [-0.1, -0.05) is 0 Å². The summed E-state index contributed by atoms with van der Waals surface area (Å²) in [6.07, 6.45) is 1.60. The van der Waals surface area contributed by atoms with Gasteiger partial charge in [0.15, 0.2) is 0 Å². The Morgan fingerprint density at radius 1 is 1.11 bits per heavy atom. The minimum atomic E-state index is 0.324. The van der Waals surface area contributed by atoms with Gasteiger partial charge in [-0.15, -0.1) is 0 Å². The summed E-state index contributed by atoms with van der Waals surface area (Å²) in [5.74, 6) is 0.375. The quantitative estimate of drug-likeness (QED) is 0.830. The molecular formula is C13H9N5. The summed E-state index contributed by atoms with van der Waals surface area (Å²) in [6.45, 7) is 0. The van der Waals surface area contributed by atoms with E-state index >= 15 is 0 Å². The third kappa shape index (κ3) is 2.21. The Hall–Kier alpha value is -3.05. The molecule has 2 aromatic rings. The molecule has 0 atom stereocenters. The number of nitrogen functional groups attached to an aromatic ring is 1. The van der Waals surface area contributed by atoms with Crippen molar-refractivity contribution in [1.29, 1.82) is 10.5 Å². The monoisotopic (exact) mass is 235 g/mol. The van der Waals surface area contributed by atoms with Crippen molar-refractivity contribution in [2.45, 2.75) is 0 Å². The van der Waals surface area contributed by atoms with Crippen molar-refractivity contribution >= 4 is 17.2 Å². The summed E-state index contributed by atoms with van der Waals surface area (Å²) in [5, 5.41) is 20.8. The van der Waals surface area contributed by atoms with Crippen LogP contribution >= 0.6 is 0 Å². The van der Waals surface area contributed by atoms with Gasteiger partial charge in [-0.2, -0.15) is 10.5 Å². The molecule has 2 rings (SSSR count). The molecule has 18 heavy (non-hydrogen) atoms. The van der Waals surface area contributed by atoms with E-state index in [1.165, 1.54) is 0 Å². The highest BCUT2D eigenvalue weighted by molar-refractivity contribution is 5.70. The zero-order chi connectivity index (χ0) is 13.0.